The lowest BCUT2D eigenvalue weighted by Gasteiger charge is -2.23. The fraction of sp³-hybridized carbons (Fsp3) is 0.389. The Kier molecular flexibility index (Phi) is 4.64. The highest BCUT2D eigenvalue weighted by molar-refractivity contribution is 5.88. The zero-order chi connectivity index (χ0) is 17.1. The molecule has 1 aliphatic rings. The number of rotatable bonds is 5. The van der Waals surface area contributed by atoms with Gasteiger partial charge in [0.1, 0.15) is 12.6 Å². The number of esters is 1. The summed E-state index contributed by atoms with van der Waals surface area (Å²) in [6.45, 7) is 2.63. The van der Waals surface area contributed by atoms with Crippen molar-refractivity contribution in [2.24, 2.45) is 7.05 Å². The van der Waals surface area contributed by atoms with Crippen molar-refractivity contribution in [1.29, 1.82) is 0 Å². The second-order valence-corrected chi connectivity index (χ2v) is 6.19. The summed E-state index contributed by atoms with van der Waals surface area (Å²) in [6, 6.07) is 7.48. The van der Waals surface area contributed by atoms with Gasteiger partial charge in [0.2, 0.25) is 5.91 Å². The van der Waals surface area contributed by atoms with Gasteiger partial charge in [0.25, 0.3) is 0 Å². The van der Waals surface area contributed by atoms with Crippen molar-refractivity contribution in [2.75, 3.05) is 0 Å². The first-order valence-electron chi connectivity index (χ1n) is 8.02. The minimum atomic E-state index is -0.504. The first kappa shape index (κ1) is 16.2. The lowest BCUT2D eigenvalue weighted by atomic mass is 10.1. The van der Waals surface area contributed by atoms with Gasteiger partial charge in [-0.2, -0.15) is 5.10 Å². The number of hydrogen-bond donors (Lipinski definition) is 0. The van der Waals surface area contributed by atoms with Gasteiger partial charge >= 0.3 is 5.97 Å². The van der Waals surface area contributed by atoms with E-state index in [-0.39, 0.29) is 18.5 Å². The molecule has 2 aromatic rings. The number of carbonyl (C=O) groups is 2. The van der Waals surface area contributed by atoms with Crippen LogP contribution in [0.2, 0.25) is 0 Å². The zero-order valence-corrected chi connectivity index (χ0v) is 13.9. The van der Waals surface area contributed by atoms with E-state index >= 15 is 0 Å². The van der Waals surface area contributed by atoms with Gasteiger partial charge in [-0.25, -0.2) is 4.79 Å². The summed E-state index contributed by atoms with van der Waals surface area (Å²) in [5.41, 5.74) is 3.01. The molecule has 0 radical (unpaired) electrons. The predicted molar refractivity (Wildman–Crippen MR) is 87.8 cm³/mol. The number of likely N-dealkylation sites (tertiary alicyclic amines) is 1. The molecule has 0 unspecified atom stereocenters. The Balaban J connectivity index is 1.63. The summed E-state index contributed by atoms with van der Waals surface area (Å²) in [5.74, 6) is -0.351. The lowest BCUT2D eigenvalue weighted by Crippen LogP contribution is -2.39. The van der Waals surface area contributed by atoms with Gasteiger partial charge < -0.3 is 9.64 Å². The van der Waals surface area contributed by atoms with E-state index in [4.69, 9.17) is 4.74 Å². The Hall–Kier alpha value is -2.63. The van der Waals surface area contributed by atoms with Gasteiger partial charge in [-0.3, -0.25) is 9.48 Å². The van der Waals surface area contributed by atoms with E-state index in [2.05, 4.69) is 5.10 Å². The number of aromatic nitrogens is 2. The Bertz CT molecular complexity index is 736. The molecule has 6 heteroatoms. The molecule has 0 spiro atoms. The molecule has 2 heterocycles. The number of amides is 1. The molecule has 1 atom stereocenters. The molecule has 1 aromatic heterocycles. The van der Waals surface area contributed by atoms with Crippen LogP contribution < -0.4 is 0 Å². The van der Waals surface area contributed by atoms with Crippen molar-refractivity contribution in [3.05, 3.63) is 53.3 Å². The van der Waals surface area contributed by atoms with Crippen LogP contribution in [0.3, 0.4) is 0 Å². The zero-order valence-electron chi connectivity index (χ0n) is 13.9. The van der Waals surface area contributed by atoms with Gasteiger partial charge in [0.15, 0.2) is 0 Å². The SMILES string of the molecule is Cc1ccc(CN2C(=O)CC[C@@H]2C(=O)OCc2cnn(C)c2)cc1. The molecule has 1 saturated heterocycles. The number of ether oxygens (including phenoxy) is 1. The normalized spacial score (nSPS) is 17.3. The number of nitrogens with zero attached hydrogens (tertiary/aromatic N) is 3. The van der Waals surface area contributed by atoms with Gasteiger partial charge in [-0.05, 0) is 18.9 Å². The standard InChI is InChI=1S/C18H21N3O3/c1-13-3-5-14(6-4-13)11-21-16(7-8-17(21)22)18(23)24-12-15-9-19-20(2)10-15/h3-6,9-10,16H,7-8,11-12H2,1-2H3/t16-/m1/s1. The molecule has 24 heavy (non-hydrogen) atoms. The lowest BCUT2D eigenvalue weighted by molar-refractivity contribution is -0.153. The van der Waals surface area contributed by atoms with E-state index in [0.717, 1.165) is 11.1 Å². The van der Waals surface area contributed by atoms with E-state index in [1.807, 2.05) is 38.2 Å². The smallest absolute Gasteiger partial charge is 0.329 e. The van der Waals surface area contributed by atoms with E-state index < -0.39 is 6.04 Å². The van der Waals surface area contributed by atoms with E-state index in [9.17, 15) is 9.59 Å². The van der Waals surface area contributed by atoms with Crippen LogP contribution in [0.25, 0.3) is 0 Å². The first-order valence-corrected chi connectivity index (χ1v) is 8.02. The third kappa shape index (κ3) is 3.64. The van der Waals surface area contributed by atoms with Gasteiger partial charge in [0, 0.05) is 31.8 Å². The maximum atomic E-state index is 12.4. The van der Waals surface area contributed by atoms with Crippen LogP contribution in [0.15, 0.2) is 36.7 Å². The van der Waals surface area contributed by atoms with Crippen LogP contribution in [-0.2, 0) is 34.5 Å². The first-order chi connectivity index (χ1) is 11.5. The number of hydrogen-bond acceptors (Lipinski definition) is 4. The highest BCUT2D eigenvalue weighted by Crippen LogP contribution is 2.23. The molecule has 1 aliphatic heterocycles. The second kappa shape index (κ2) is 6.86. The van der Waals surface area contributed by atoms with E-state index in [0.29, 0.717) is 19.4 Å². The predicted octanol–water partition coefficient (Wildman–Crippen LogP) is 1.96. The molecular formula is C18H21N3O3. The van der Waals surface area contributed by atoms with Crippen LogP contribution >= 0.6 is 0 Å². The third-order valence-corrected chi connectivity index (χ3v) is 4.21. The average Bonchev–Trinajstić information content (AvgIpc) is 3.14. The number of aryl methyl sites for hydroxylation is 2. The molecule has 3 rings (SSSR count). The fourth-order valence-corrected chi connectivity index (χ4v) is 2.86. The highest BCUT2D eigenvalue weighted by atomic mass is 16.5. The van der Waals surface area contributed by atoms with E-state index in [1.54, 1.807) is 22.0 Å². The van der Waals surface area contributed by atoms with Crippen molar-refractivity contribution in [3.8, 4) is 0 Å². The number of benzene rings is 1. The summed E-state index contributed by atoms with van der Waals surface area (Å²) in [5, 5.41) is 4.04. The second-order valence-electron chi connectivity index (χ2n) is 6.19. The highest BCUT2D eigenvalue weighted by Gasteiger charge is 2.37. The molecular weight excluding hydrogens is 306 g/mol. The molecule has 1 fully saturated rings. The quantitative estimate of drug-likeness (QED) is 0.788. The maximum Gasteiger partial charge on any atom is 0.329 e. The van der Waals surface area contributed by atoms with Gasteiger partial charge in [-0.15, -0.1) is 0 Å². The summed E-state index contributed by atoms with van der Waals surface area (Å²) < 4.78 is 7.03. The molecule has 126 valence electrons. The summed E-state index contributed by atoms with van der Waals surface area (Å²) >= 11 is 0. The molecule has 0 saturated carbocycles. The van der Waals surface area contributed by atoms with Crippen LogP contribution in [0.4, 0.5) is 0 Å². The van der Waals surface area contributed by atoms with E-state index in [1.165, 1.54) is 5.56 Å². The minimum Gasteiger partial charge on any atom is -0.459 e. The largest absolute Gasteiger partial charge is 0.459 e. The average molecular weight is 327 g/mol. The monoisotopic (exact) mass is 327 g/mol. The number of carbonyl (C=O) groups excluding carboxylic acids is 2. The molecule has 0 bridgehead atoms. The van der Waals surface area contributed by atoms with Crippen molar-refractivity contribution in [3.63, 3.8) is 0 Å². The topological polar surface area (TPSA) is 64.4 Å². The van der Waals surface area contributed by atoms with Gasteiger partial charge in [0.05, 0.1) is 6.20 Å². The minimum absolute atomic E-state index is 0.00102. The summed E-state index contributed by atoms with van der Waals surface area (Å²) in [6.07, 6.45) is 4.36. The Morgan fingerprint density at radius 3 is 2.71 bits per heavy atom. The molecule has 1 aromatic carbocycles. The van der Waals surface area contributed by atoms with Crippen molar-refractivity contribution in [1.82, 2.24) is 14.7 Å². The Labute approximate surface area is 141 Å². The summed E-state index contributed by atoms with van der Waals surface area (Å²) in [7, 11) is 1.81. The van der Waals surface area contributed by atoms with Crippen LogP contribution in [0.5, 0.6) is 0 Å². The van der Waals surface area contributed by atoms with Crippen LogP contribution in [0, 0.1) is 6.92 Å². The summed E-state index contributed by atoms with van der Waals surface area (Å²) in [4.78, 5) is 26.1. The van der Waals surface area contributed by atoms with Crippen molar-refractivity contribution >= 4 is 11.9 Å². The maximum absolute atomic E-state index is 12.4. The Morgan fingerprint density at radius 2 is 2.04 bits per heavy atom. The fourth-order valence-electron chi connectivity index (χ4n) is 2.86. The molecule has 1 amide bonds. The molecule has 6 nitrogen and oxygen atoms in total. The van der Waals surface area contributed by atoms with Crippen LogP contribution in [-0.4, -0.2) is 32.6 Å². The Morgan fingerprint density at radius 1 is 1.29 bits per heavy atom. The van der Waals surface area contributed by atoms with Crippen LogP contribution in [0.1, 0.15) is 29.5 Å². The molecule has 0 aliphatic carbocycles. The van der Waals surface area contributed by atoms with Gasteiger partial charge in [-0.1, -0.05) is 29.8 Å². The third-order valence-electron chi connectivity index (χ3n) is 4.21. The van der Waals surface area contributed by atoms with Crippen molar-refractivity contribution < 1.29 is 14.3 Å². The van der Waals surface area contributed by atoms with Crippen molar-refractivity contribution in [2.45, 2.75) is 39.0 Å². The molecule has 0 N–H and O–H groups in total.